The standard InChI is InChI=1S/C9H16N2O3/c12-9-13-8-6-4-2-1-3-5-7-10-11-14-9/h1-8H2. The zero-order chi connectivity index (χ0) is 10.1. The highest BCUT2D eigenvalue weighted by Crippen LogP contribution is 2.06. The predicted molar refractivity (Wildman–Crippen MR) is 49.9 cm³/mol. The third-order valence-corrected chi connectivity index (χ3v) is 2.05. The normalized spacial score (nSPS) is 21.0. The molecule has 1 aliphatic heterocycles. The van der Waals surface area contributed by atoms with Gasteiger partial charge in [0.2, 0.25) is 0 Å². The SMILES string of the molecule is O=C1OCCCCCCCCN=NO1. The fourth-order valence-electron chi connectivity index (χ4n) is 1.28. The maximum atomic E-state index is 10.8. The Labute approximate surface area is 83.4 Å². The van der Waals surface area contributed by atoms with Crippen molar-refractivity contribution < 1.29 is 14.4 Å². The first-order valence-electron chi connectivity index (χ1n) is 5.10. The van der Waals surface area contributed by atoms with E-state index in [1.807, 2.05) is 0 Å². The summed E-state index contributed by atoms with van der Waals surface area (Å²) in [4.78, 5) is 15.1. The van der Waals surface area contributed by atoms with Gasteiger partial charge in [0.1, 0.15) is 0 Å². The van der Waals surface area contributed by atoms with E-state index >= 15 is 0 Å². The van der Waals surface area contributed by atoms with Gasteiger partial charge in [0.15, 0.2) is 0 Å². The first kappa shape index (κ1) is 10.9. The number of cyclic esters (lactones) is 1. The number of carbonyl (C=O) groups is 1. The van der Waals surface area contributed by atoms with Crippen LogP contribution >= 0.6 is 0 Å². The minimum Gasteiger partial charge on any atom is -0.433 e. The van der Waals surface area contributed by atoms with Crippen LogP contribution in [0.3, 0.4) is 0 Å². The summed E-state index contributed by atoms with van der Waals surface area (Å²) in [6.45, 7) is 1.03. The lowest BCUT2D eigenvalue weighted by Gasteiger charge is -2.00. The fourth-order valence-corrected chi connectivity index (χ4v) is 1.28. The quantitative estimate of drug-likeness (QED) is 0.565. The molecule has 1 aliphatic rings. The lowest BCUT2D eigenvalue weighted by Crippen LogP contribution is -2.04. The van der Waals surface area contributed by atoms with Gasteiger partial charge in [-0.05, 0) is 12.8 Å². The third kappa shape index (κ3) is 5.50. The largest absolute Gasteiger partial charge is 0.536 e. The molecule has 0 radical (unpaired) electrons. The third-order valence-electron chi connectivity index (χ3n) is 2.05. The lowest BCUT2D eigenvalue weighted by atomic mass is 10.1. The molecular formula is C9H16N2O3. The van der Waals surface area contributed by atoms with Crippen molar-refractivity contribution >= 4 is 6.16 Å². The van der Waals surface area contributed by atoms with Gasteiger partial charge in [0.05, 0.1) is 13.2 Å². The van der Waals surface area contributed by atoms with Crippen LogP contribution in [0.1, 0.15) is 38.5 Å². The van der Waals surface area contributed by atoms with E-state index < -0.39 is 6.16 Å². The van der Waals surface area contributed by atoms with Crippen LogP contribution in [0.25, 0.3) is 0 Å². The zero-order valence-electron chi connectivity index (χ0n) is 8.28. The van der Waals surface area contributed by atoms with Crippen LogP contribution in [0.15, 0.2) is 10.4 Å². The Morgan fingerprint density at radius 2 is 1.71 bits per heavy atom. The Hall–Kier alpha value is -1.13. The first-order valence-corrected chi connectivity index (χ1v) is 5.10. The summed E-state index contributed by atoms with van der Waals surface area (Å²) in [5, 5.41) is 6.95. The van der Waals surface area contributed by atoms with E-state index in [0.717, 1.165) is 25.7 Å². The molecule has 5 nitrogen and oxygen atoms in total. The van der Waals surface area contributed by atoms with E-state index in [1.54, 1.807) is 0 Å². The molecule has 1 heterocycles. The van der Waals surface area contributed by atoms with Crippen molar-refractivity contribution in [2.24, 2.45) is 10.4 Å². The van der Waals surface area contributed by atoms with Crippen LogP contribution in [0.4, 0.5) is 4.79 Å². The topological polar surface area (TPSA) is 60.2 Å². The van der Waals surface area contributed by atoms with Gasteiger partial charge in [0, 0.05) is 5.28 Å². The van der Waals surface area contributed by atoms with E-state index in [4.69, 9.17) is 4.74 Å². The summed E-state index contributed by atoms with van der Waals surface area (Å²) < 4.78 is 4.74. The van der Waals surface area contributed by atoms with Gasteiger partial charge in [-0.3, -0.25) is 4.84 Å². The molecule has 0 spiro atoms. The molecule has 0 aromatic heterocycles. The number of hydrogen-bond donors (Lipinski definition) is 0. The van der Waals surface area contributed by atoms with Gasteiger partial charge < -0.3 is 4.74 Å². The first-order chi connectivity index (χ1) is 6.89. The number of carbonyl (C=O) groups excluding carboxylic acids is 1. The molecule has 5 heteroatoms. The smallest absolute Gasteiger partial charge is 0.433 e. The number of rotatable bonds is 0. The zero-order valence-corrected chi connectivity index (χ0v) is 8.28. The Bertz CT molecular complexity index is 194. The Morgan fingerprint density at radius 3 is 2.57 bits per heavy atom. The maximum Gasteiger partial charge on any atom is 0.536 e. The van der Waals surface area contributed by atoms with Crippen LogP contribution in [0, 0.1) is 0 Å². The highest BCUT2D eigenvalue weighted by Gasteiger charge is 2.03. The van der Waals surface area contributed by atoms with Gasteiger partial charge in [-0.25, -0.2) is 4.79 Å². The molecule has 0 amide bonds. The van der Waals surface area contributed by atoms with E-state index in [1.165, 1.54) is 12.8 Å². The molecule has 0 atom stereocenters. The van der Waals surface area contributed by atoms with E-state index in [-0.39, 0.29) is 0 Å². The van der Waals surface area contributed by atoms with Crippen molar-refractivity contribution in [3.63, 3.8) is 0 Å². The molecular weight excluding hydrogens is 184 g/mol. The molecule has 0 N–H and O–H groups in total. The maximum absolute atomic E-state index is 10.8. The number of nitrogens with zero attached hydrogens (tertiary/aromatic N) is 2. The highest BCUT2D eigenvalue weighted by molar-refractivity contribution is 5.59. The van der Waals surface area contributed by atoms with Gasteiger partial charge in [-0.1, -0.05) is 25.7 Å². The molecule has 0 aromatic carbocycles. The van der Waals surface area contributed by atoms with E-state index in [9.17, 15) is 4.79 Å². The van der Waals surface area contributed by atoms with Crippen LogP contribution < -0.4 is 0 Å². The molecule has 0 aliphatic carbocycles. The summed E-state index contributed by atoms with van der Waals surface area (Å²) in [5.74, 6) is 0. The molecule has 0 unspecified atom stereocenters. The molecule has 0 saturated carbocycles. The molecule has 0 saturated heterocycles. The summed E-state index contributed by atoms with van der Waals surface area (Å²) in [5.41, 5.74) is 0. The monoisotopic (exact) mass is 200 g/mol. The second kappa shape index (κ2) is 7.29. The second-order valence-corrected chi connectivity index (χ2v) is 3.26. The van der Waals surface area contributed by atoms with Crippen LogP contribution in [-0.4, -0.2) is 19.3 Å². The predicted octanol–water partition coefficient (Wildman–Crippen LogP) is 2.86. The minimum absolute atomic E-state index is 0.411. The van der Waals surface area contributed by atoms with Crippen LogP contribution in [0.5, 0.6) is 0 Å². The van der Waals surface area contributed by atoms with E-state index in [2.05, 4.69) is 15.2 Å². The summed E-state index contributed by atoms with van der Waals surface area (Å²) >= 11 is 0. The molecule has 1 rings (SSSR count). The van der Waals surface area contributed by atoms with Crippen molar-refractivity contribution in [2.45, 2.75) is 38.5 Å². The molecule has 14 heavy (non-hydrogen) atoms. The molecule has 0 bridgehead atoms. The average molecular weight is 200 g/mol. The molecule has 80 valence electrons. The molecule has 0 aromatic rings. The van der Waals surface area contributed by atoms with Crippen molar-refractivity contribution in [3.05, 3.63) is 0 Å². The van der Waals surface area contributed by atoms with Crippen molar-refractivity contribution in [3.8, 4) is 0 Å². The number of ether oxygens (including phenoxy) is 1. The van der Waals surface area contributed by atoms with Crippen molar-refractivity contribution in [1.29, 1.82) is 0 Å². The lowest BCUT2D eigenvalue weighted by molar-refractivity contribution is 0.0496. The van der Waals surface area contributed by atoms with Gasteiger partial charge in [0.25, 0.3) is 0 Å². The highest BCUT2D eigenvalue weighted by atomic mass is 16.8. The van der Waals surface area contributed by atoms with Gasteiger partial charge in [-0.15, -0.1) is 0 Å². The Kier molecular flexibility index (Phi) is 5.70. The van der Waals surface area contributed by atoms with Gasteiger partial charge >= 0.3 is 6.16 Å². The Morgan fingerprint density at radius 1 is 1.00 bits per heavy atom. The van der Waals surface area contributed by atoms with Crippen LogP contribution in [0.2, 0.25) is 0 Å². The number of hydrogen-bond acceptors (Lipinski definition) is 5. The summed E-state index contributed by atoms with van der Waals surface area (Å²) in [6.07, 6.45) is 5.80. The summed E-state index contributed by atoms with van der Waals surface area (Å²) in [6, 6.07) is 0. The van der Waals surface area contributed by atoms with Crippen LogP contribution in [-0.2, 0) is 9.57 Å². The Balaban J connectivity index is 2.24. The fraction of sp³-hybridized carbons (Fsp3) is 0.889. The van der Waals surface area contributed by atoms with E-state index in [0.29, 0.717) is 13.2 Å². The van der Waals surface area contributed by atoms with Gasteiger partial charge in [-0.2, -0.15) is 5.11 Å². The minimum atomic E-state index is -0.756. The molecule has 0 fully saturated rings. The van der Waals surface area contributed by atoms with Crippen molar-refractivity contribution in [2.75, 3.05) is 13.2 Å². The van der Waals surface area contributed by atoms with Crippen molar-refractivity contribution in [1.82, 2.24) is 0 Å². The second-order valence-electron chi connectivity index (χ2n) is 3.26. The summed E-state index contributed by atoms with van der Waals surface area (Å²) in [7, 11) is 0. The average Bonchev–Trinajstić information content (AvgIpc) is 2.20.